The van der Waals surface area contributed by atoms with Gasteiger partial charge in [0.25, 0.3) is 15.8 Å². The lowest BCUT2D eigenvalue weighted by Crippen LogP contribution is -2.38. The Hall–Kier alpha value is -5.22. The molecular weight excluding hydrogens is 685 g/mol. The Morgan fingerprint density at radius 1 is 0.920 bits per heavy atom. The van der Waals surface area contributed by atoms with Gasteiger partial charge >= 0.3 is 18.1 Å². The summed E-state index contributed by atoms with van der Waals surface area (Å²) in [6.07, 6.45) is -4.12. The van der Waals surface area contributed by atoms with Gasteiger partial charge in [0, 0.05) is 17.8 Å². The standard InChI is InChI=1S/C34H33F3N2O10S/c1-21-9-15-27(16-10-21)50(44,45)49-17-5-6-23-11-13-26(14-12-23)47-18-19-48-33(41)28-22(2)38-31(34(35,36)37)30(32(40)46-3)29(28)24-7-4-8-25(20-24)39(42)43/h4,7-16,20,29,38H,5-6,17-19H2,1-3H3. The first-order valence-electron chi connectivity index (χ1n) is 15.1. The van der Waals surface area contributed by atoms with Crippen molar-refractivity contribution in [2.24, 2.45) is 0 Å². The Morgan fingerprint density at radius 2 is 1.60 bits per heavy atom. The van der Waals surface area contributed by atoms with Gasteiger partial charge < -0.3 is 19.5 Å². The number of carbonyl (C=O) groups excluding carboxylic acids is 2. The highest BCUT2D eigenvalue weighted by atomic mass is 32.2. The minimum Gasteiger partial charge on any atom is -0.490 e. The molecule has 0 saturated heterocycles. The summed E-state index contributed by atoms with van der Waals surface area (Å²) in [5.74, 6) is -3.78. The van der Waals surface area contributed by atoms with Gasteiger partial charge in [-0.05, 0) is 62.1 Å². The number of benzene rings is 3. The summed E-state index contributed by atoms with van der Waals surface area (Å²) >= 11 is 0. The maximum Gasteiger partial charge on any atom is 0.431 e. The van der Waals surface area contributed by atoms with Crippen LogP contribution in [0, 0.1) is 17.0 Å². The number of hydrogen-bond acceptors (Lipinski definition) is 11. The average Bonchev–Trinajstić information content (AvgIpc) is 3.08. The summed E-state index contributed by atoms with van der Waals surface area (Å²) in [7, 11) is -2.99. The van der Waals surface area contributed by atoms with Crippen LogP contribution in [-0.2, 0) is 39.8 Å². The fraction of sp³-hybridized carbons (Fsp3) is 0.294. The largest absolute Gasteiger partial charge is 0.490 e. The van der Waals surface area contributed by atoms with Crippen molar-refractivity contribution in [3.05, 3.63) is 122 Å². The Bertz CT molecular complexity index is 1910. The molecule has 3 aromatic rings. The van der Waals surface area contributed by atoms with E-state index in [2.05, 4.69) is 10.1 Å². The van der Waals surface area contributed by atoms with E-state index in [1.54, 1.807) is 36.4 Å². The lowest BCUT2D eigenvalue weighted by atomic mass is 9.80. The first-order valence-corrected chi connectivity index (χ1v) is 16.5. The van der Waals surface area contributed by atoms with E-state index in [9.17, 15) is 41.3 Å². The molecular formula is C34H33F3N2O10S. The zero-order chi connectivity index (χ0) is 36.6. The van der Waals surface area contributed by atoms with Crippen LogP contribution in [0.1, 0.15) is 36.0 Å². The van der Waals surface area contributed by atoms with Gasteiger partial charge in [0.05, 0.1) is 40.6 Å². The van der Waals surface area contributed by atoms with Crippen molar-refractivity contribution in [3.63, 3.8) is 0 Å². The van der Waals surface area contributed by atoms with Crippen LogP contribution in [0.5, 0.6) is 5.75 Å². The second-order valence-corrected chi connectivity index (χ2v) is 12.7. The number of allylic oxidation sites excluding steroid dienone is 2. The quantitative estimate of drug-likeness (QED) is 0.0704. The SMILES string of the molecule is COC(=O)C1=C(C(F)(F)F)NC(C)=C(C(=O)OCCOc2ccc(CCCOS(=O)(=O)c3ccc(C)cc3)cc2)C1c1cccc([N+](=O)[O-])c1. The number of carbonyl (C=O) groups is 2. The van der Waals surface area contributed by atoms with Crippen LogP contribution in [0.15, 0.2) is 100 Å². The van der Waals surface area contributed by atoms with Gasteiger partial charge in [0.1, 0.15) is 24.7 Å². The minimum atomic E-state index is -5.07. The molecule has 0 amide bonds. The molecule has 4 rings (SSSR count). The molecule has 12 nitrogen and oxygen atoms in total. The van der Waals surface area contributed by atoms with Crippen LogP contribution in [0.3, 0.4) is 0 Å². The fourth-order valence-corrected chi connectivity index (χ4v) is 6.09. The summed E-state index contributed by atoms with van der Waals surface area (Å²) in [6.45, 7) is 2.54. The highest BCUT2D eigenvalue weighted by Gasteiger charge is 2.47. The first kappa shape index (κ1) is 37.6. The van der Waals surface area contributed by atoms with Gasteiger partial charge in [-0.2, -0.15) is 21.6 Å². The summed E-state index contributed by atoms with van der Waals surface area (Å²) in [5, 5.41) is 13.5. The van der Waals surface area contributed by atoms with Crippen molar-refractivity contribution in [1.82, 2.24) is 5.32 Å². The lowest BCUT2D eigenvalue weighted by Gasteiger charge is -2.31. The number of nitro benzene ring substituents is 1. The van der Waals surface area contributed by atoms with Crippen LogP contribution < -0.4 is 10.1 Å². The molecule has 0 aliphatic carbocycles. The van der Waals surface area contributed by atoms with Crippen LogP contribution in [0.4, 0.5) is 18.9 Å². The summed E-state index contributed by atoms with van der Waals surface area (Å²) in [6, 6.07) is 17.7. The zero-order valence-corrected chi connectivity index (χ0v) is 27.9. The van der Waals surface area contributed by atoms with Gasteiger partial charge in [-0.25, -0.2) is 9.59 Å². The van der Waals surface area contributed by atoms with E-state index >= 15 is 0 Å². The number of nitrogens with one attached hydrogen (secondary N) is 1. The molecule has 1 N–H and O–H groups in total. The number of rotatable bonds is 14. The number of nitrogens with zero attached hydrogens (tertiary/aromatic N) is 1. The number of alkyl halides is 3. The number of non-ortho nitro benzene ring substituents is 1. The van der Waals surface area contributed by atoms with Gasteiger partial charge in [-0.15, -0.1) is 0 Å². The van der Waals surface area contributed by atoms with Crippen LogP contribution in [0.2, 0.25) is 0 Å². The molecule has 0 fully saturated rings. The Labute approximate surface area is 285 Å². The van der Waals surface area contributed by atoms with E-state index in [1.165, 1.54) is 31.2 Å². The molecule has 50 heavy (non-hydrogen) atoms. The number of esters is 2. The smallest absolute Gasteiger partial charge is 0.431 e. The van der Waals surface area contributed by atoms with Crippen molar-refractivity contribution in [3.8, 4) is 5.75 Å². The maximum atomic E-state index is 14.1. The van der Waals surface area contributed by atoms with Crippen LogP contribution in [-0.4, -0.2) is 58.4 Å². The number of halogens is 3. The van der Waals surface area contributed by atoms with Crippen LogP contribution >= 0.6 is 0 Å². The molecule has 266 valence electrons. The van der Waals surface area contributed by atoms with Crippen molar-refractivity contribution in [2.75, 3.05) is 26.9 Å². The predicted octanol–water partition coefficient (Wildman–Crippen LogP) is 5.81. The fourth-order valence-electron chi connectivity index (χ4n) is 5.14. The number of dihydropyridines is 1. The van der Waals surface area contributed by atoms with E-state index in [-0.39, 0.29) is 41.5 Å². The highest BCUT2D eigenvalue weighted by molar-refractivity contribution is 7.86. The molecule has 0 aromatic heterocycles. The molecule has 0 saturated carbocycles. The normalized spacial score (nSPS) is 15.0. The molecule has 0 radical (unpaired) electrons. The monoisotopic (exact) mass is 718 g/mol. The molecule has 3 aromatic carbocycles. The molecule has 16 heteroatoms. The Balaban J connectivity index is 1.37. The third kappa shape index (κ3) is 9.26. The van der Waals surface area contributed by atoms with Gasteiger partial charge in [-0.1, -0.05) is 42.0 Å². The number of methoxy groups -OCH3 is 1. The average molecular weight is 719 g/mol. The summed E-state index contributed by atoms with van der Waals surface area (Å²) < 4.78 is 87.6. The molecule has 1 unspecified atom stereocenters. The van der Waals surface area contributed by atoms with E-state index < -0.39 is 56.0 Å². The number of nitro groups is 1. The molecule has 0 spiro atoms. The van der Waals surface area contributed by atoms with Crippen molar-refractivity contribution in [2.45, 2.75) is 43.7 Å². The maximum absolute atomic E-state index is 14.1. The molecule has 1 aliphatic heterocycles. The van der Waals surface area contributed by atoms with Crippen LogP contribution in [0.25, 0.3) is 0 Å². The van der Waals surface area contributed by atoms with E-state index in [0.29, 0.717) is 18.6 Å². The van der Waals surface area contributed by atoms with Gasteiger partial charge in [0.15, 0.2) is 0 Å². The third-order valence-corrected chi connectivity index (χ3v) is 8.88. The summed E-state index contributed by atoms with van der Waals surface area (Å²) in [5.41, 5.74) is -1.88. The highest BCUT2D eigenvalue weighted by Crippen LogP contribution is 2.44. The second kappa shape index (κ2) is 16.0. The molecule has 1 atom stereocenters. The number of aryl methyl sites for hydroxylation is 2. The lowest BCUT2D eigenvalue weighted by molar-refractivity contribution is -0.384. The molecule has 1 aliphatic rings. The molecule has 1 heterocycles. The number of hydrogen-bond donors (Lipinski definition) is 1. The van der Waals surface area contributed by atoms with E-state index in [1.807, 2.05) is 6.92 Å². The van der Waals surface area contributed by atoms with Gasteiger partial charge in [0.2, 0.25) is 0 Å². The summed E-state index contributed by atoms with van der Waals surface area (Å²) in [4.78, 5) is 36.8. The minimum absolute atomic E-state index is 0.0122. The van der Waals surface area contributed by atoms with Crippen molar-refractivity contribution in [1.29, 1.82) is 0 Å². The van der Waals surface area contributed by atoms with Gasteiger partial charge in [-0.3, -0.25) is 14.3 Å². The van der Waals surface area contributed by atoms with E-state index in [0.717, 1.165) is 30.4 Å². The first-order chi connectivity index (χ1) is 23.6. The topological polar surface area (TPSA) is 160 Å². The Kier molecular flexibility index (Phi) is 12.0. The Morgan fingerprint density at radius 3 is 2.22 bits per heavy atom. The zero-order valence-electron chi connectivity index (χ0n) is 27.1. The van der Waals surface area contributed by atoms with E-state index in [4.69, 9.17) is 13.7 Å². The number of ether oxygens (including phenoxy) is 3. The second-order valence-electron chi connectivity index (χ2n) is 11.0. The van der Waals surface area contributed by atoms with Crippen molar-refractivity contribution >= 4 is 27.7 Å². The third-order valence-electron chi connectivity index (χ3n) is 7.55. The predicted molar refractivity (Wildman–Crippen MR) is 172 cm³/mol. The van der Waals surface area contributed by atoms with Crippen molar-refractivity contribution < 1.29 is 54.5 Å². The molecule has 0 bridgehead atoms.